The lowest BCUT2D eigenvalue weighted by Crippen LogP contribution is -2.51. The molecule has 3 aromatic heterocycles. The number of aryl methyl sites for hydroxylation is 1. The predicted octanol–water partition coefficient (Wildman–Crippen LogP) is 3.59. The van der Waals surface area contributed by atoms with Gasteiger partial charge in [-0.15, -0.1) is 0 Å². The maximum atomic E-state index is 11.8. The van der Waals surface area contributed by atoms with Crippen molar-refractivity contribution in [2.24, 2.45) is 0 Å². The van der Waals surface area contributed by atoms with Crippen LogP contribution in [0.15, 0.2) is 30.5 Å². The van der Waals surface area contributed by atoms with E-state index in [1.54, 1.807) is 10.5 Å². The largest absolute Gasteiger partial charge is 0.367 e. The van der Waals surface area contributed by atoms with Crippen LogP contribution < -0.4 is 10.6 Å². The second-order valence-corrected chi connectivity index (χ2v) is 8.68. The number of nitrogens with one attached hydrogen (secondary N) is 3. The van der Waals surface area contributed by atoms with Crippen LogP contribution in [0.5, 0.6) is 0 Å². The van der Waals surface area contributed by atoms with Crippen LogP contribution in [-0.4, -0.2) is 51.4 Å². The van der Waals surface area contributed by atoms with E-state index in [4.69, 9.17) is 4.98 Å². The summed E-state index contributed by atoms with van der Waals surface area (Å²) in [4.78, 5) is 9.28. The zero-order chi connectivity index (χ0) is 21.3. The van der Waals surface area contributed by atoms with Crippen LogP contribution in [0.2, 0.25) is 0 Å². The highest BCUT2D eigenvalue weighted by molar-refractivity contribution is 7.76. The zero-order valence-corrected chi connectivity index (χ0v) is 18.1. The molecule has 4 atom stereocenters. The molecule has 1 unspecified atom stereocenters. The number of fused-ring (bicyclic) bond motifs is 1. The van der Waals surface area contributed by atoms with Crippen LogP contribution in [0.4, 0.5) is 17.5 Å². The molecule has 0 saturated carbocycles. The summed E-state index contributed by atoms with van der Waals surface area (Å²) in [6, 6.07) is 7.88. The first-order valence-electron chi connectivity index (χ1n) is 10.1. The summed E-state index contributed by atoms with van der Waals surface area (Å²) in [5.41, 5.74) is 1.79. The van der Waals surface area contributed by atoms with Crippen LogP contribution in [-0.2, 0) is 11.3 Å². The normalized spacial score (nSPS) is 23.4. The van der Waals surface area contributed by atoms with Gasteiger partial charge in [0.2, 0.25) is 11.3 Å². The molecule has 0 bridgehead atoms. The minimum atomic E-state index is -1.96. The fourth-order valence-electron chi connectivity index (χ4n) is 4.21. The number of piperidine rings is 1. The summed E-state index contributed by atoms with van der Waals surface area (Å²) in [7, 11) is 0. The average Bonchev–Trinajstić information content (AvgIpc) is 3.11. The van der Waals surface area contributed by atoms with E-state index in [0.717, 1.165) is 41.7 Å². The van der Waals surface area contributed by atoms with Gasteiger partial charge in [-0.25, -0.2) is 9.19 Å². The van der Waals surface area contributed by atoms with Gasteiger partial charge < -0.3 is 10.6 Å². The second kappa shape index (κ2) is 8.66. The van der Waals surface area contributed by atoms with Crippen molar-refractivity contribution in [1.82, 2.24) is 24.5 Å². The molecule has 10 heteroatoms. The molecular formula is C20H27N7O2S. The molecule has 1 aliphatic heterocycles. The number of hydrogen-bond acceptors (Lipinski definition) is 6. The Morgan fingerprint density at radius 1 is 1.33 bits per heavy atom. The van der Waals surface area contributed by atoms with E-state index in [-0.39, 0.29) is 18.1 Å². The third-order valence-corrected chi connectivity index (χ3v) is 6.55. The van der Waals surface area contributed by atoms with E-state index in [9.17, 15) is 8.76 Å². The Labute approximate surface area is 178 Å². The van der Waals surface area contributed by atoms with Gasteiger partial charge in [-0.2, -0.15) is 9.40 Å². The SMILES string of the molecule is CC[C@H]1C[C@H](Nc2nc(Nc3cc(C)[nH]n3)cc3ncccc23)C[C@@H](C)N1S(=O)O. The molecule has 3 aromatic rings. The molecule has 160 valence electrons. The number of nitrogens with zero attached hydrogens (tertiary/aromatic N) is 4. The minimum Gasteiger partial charge on any atom is -0.367 e. The molecular weight excluding hydrogens is 402 g/mol. The molecule has 9 nitrogen and oxygen atoms in total. The van der Waals surface area contributed by atoms with Crippen molar-refractivity contribution in [2.45, 2.75) is 58.2 Å². The molecule has 0 radical (unpaired) electrons. The first-order valence-corrected chi connectivity index (χ1v) is 11.2. The summed E-state index contributed by atoms with van der Waals surface area (Å²) >= 11 is -1.96. The Hall–Kier alpha value is -2.56. The third-order valence-electron chi connectivity index (χ3n) is 5.53. The van der Waals surface area contributed by atoms with E-state index in [1.165, 1.54) is 0 Å². The number of anilines is 3. The van der Waals surface area contributed by atoms with Crippen molar-refractivity contribution in [2.75, 3.05) is 10.6 Å². The summed E-state index contributed by atoms with van der Waals surface area (Å²) in [5.74, 6) is 2.10. The summed E-state index contributed by atoms with van der Waals surface area (Å²) < 4.78 is 23.2. The maximum Gasteiger partial charge on any atom is 0.235 e. The van der Waals surface area contributed by atoms with Gasteiger partial charge in [0.15, 0.2) is 5.82 Å². The Kier molecular flexibility index (Phi) is 5.98. The smallest absolute Gasteiger partial charge is 0.235 e. The molecule has 4 heterocycles. The molecule has 1 aliphatic rings. The lowest BCUT2D eigenvalue weighted by atomic mass is 9.93. The van der Waals surface area contributed by atoms with E-state index >= 15 is 0 Å². The van der Waals surface area contributed by atoms with Gasteiger partial charge in [0, 0.05) is 47.5 Å². The van der Waals surface area contributed by atoms with Gasteiger partial charge in [-0.05, 0) is 45.2 Å². The van der Waals surface area contributed by atoms with Crippen LogP contribution in [0.3, 0.4) is 0 Å². The maximum absolute atomic E-state index is 11.8. The Bertz CT molecular complexity index is 1060. The first kappa shape index (κ1) is 20.7. The van der Waals surface area contributed by atoms with E-state index < -0.39 is 11.3 Å². The highest BCUT2D eigenvalue weighted by Crippen LogP contribution is 2.31. The van der Waals surface area contributed by atoms with Gasteiger partial charge in [-0.3, -0.25) is 14.6 Å². The highest BCUT2D eigenvalue weighted by Gasteiger charge is 2.35. The van der Waals surface area contributed by atoms with Crippen molar-refractivity contribution in [3.63, 3.8) is 0 Å². The summed E-state index contributed by atoms with van der Waals surface area (Å²) in [6.45, 7) is 5.99. The minimum absolute atomic E-state index is 0.00948. The number of aromatic nitrogens is 4. The van der Waals surface area contributed by atoms with Gasteiger partial charge >= 0.3 is 0 Å². The van der Waals surface area contributed by atoms with Crippen LogP contribution >= 0.6 is 0 Å². The molecule has 1 saturated heterocycles. The number of hydrogen-bond donors (Lipinski definition) is 4. The van der Waals surface area contributed by atoms with Gasteiger partial charge in [0.1, 0.15) is 11.6 Å². The summed E-state index contributed by atoms with van der Waals surface area (Å²) in [5, 5.41) is 14.9. The number of rotatable bonds is 6. The lowest BCUT2D eigenvalue weighted by molar-refractivity contribution is 0.173. The Morgan fingerprint density at radius 2 is 2.17 bits per heavy atom. The van der Waals surface area contributed by atoms with Crippen LogP contribution in [0, 0.1) is 6.92 Å². The van der Waals surface area contributed by atoms with Crippen molar-refractivity contribution < 1.29 is 8.76 Å². The Morgan fingerprint density at radius 3 is 2.87 bits per heavy atom. The Balaban J connectivity index is 1.62. The molecule has 30 heavy (non-hydrogen) atoms. The molecule has 4 rings (SSSR count). The van der Waals surface area contributed by atoms with Gasteiger partial charge in [0.05, 0.1) is 5.52 Å². The van der Waals surface area contributed by atoms with Gasteiger partial charge in [0.25, 0.3) is 0 Å². The highest BCUT2D eigenvalue weighted by atomic mass is 32.2. The fourth-order valence-corrected chi connectivity index (χ4v) is 5.09. The van der Waals surface area contributed by atoms with Crippen LogP contribution in [0.1, 0.15) is 38.8 Å². The third kappa shape index (κ3) is 4.30. The molecule has 4 N–H and O–H groups in total. The molecule has 0 spiro atoms. The van der Waals surface area contributed by atoms with Gasteiger partial charge in [-0.1, -0.05) is 6.92 Å². The molecule has 0 aromatic carbocycles. The van der Waals surface area contributed by atoms with Crippen LogP contribution in [0.25, 0.3) is 10.9 Å². The summed E-state index contributed by atoms with van der Waals surface area (Å²) in [6.07, 6.45) is 4.10. The van der Waals surface area contributed by atoms with Crippen molar-refractivity contribution in [1.29, 1.82) is 0 Å². The first-order chi connectivity index (χ1) is 14.4. The molecule has 0 amide bonds. The number of pyridine rings is 2. The average molecular weight is 430 g/mol. The second-order valence-electron chi connectivity index (χ2n) is 7.80. The zero-order valence-electron chi connectivity index (χ0n) is 17.3. The van der Waals surface area contributed by atoms with E-state index in [0.29, 0.717) is 11.6 Å². The van der Waals surface area contributed by atoms with E-state index in [1.807, 2.05) is 45.0 Å². The van der Waals surface area contributed by atoms with Crippen molar-refractivity contribution in [3.8, 4) is 0 Å². The van der Waals surface area contributed by atoms with Crippen molar-refractivity contribution in [3.05, 3.63) is 36.2 Å². The van der Waals surface area contributed by atoms with Crippen molar-refractivity contribution >= 4 is 39.6 Å². The standard InChI is InChI=1S/C20H27N7O2S/c1-4-15-10-14(9-13(3)27(15)30(28)29)22-20-16-6-5-7-21-17(16)11-18(24-20)23-19-8-12(2)25-26-19/h5-8,11,13-15H,4,9-10H2,1-3H3,(H,28,29)(H3,22,23,24,25,26)/t13-,14-,15+/m1/s1. The topological polar surface area (TPSA) is 119 Å². The lowest BCUT2D eigenvalue weighted by Gasteiger charge is -2.41. The van der Waals surface area contributed by atoms with E-state index in [2.05, 4.69) is 25.8 Å². The molecule has 0 aliphatic carbocycles. The fraction of sp³-hybridized carbons (Fsp3) is 0.450. The number of H-pyrrole nitrogens is 1. The predicted molar refractivity (Wildman–Crippen MR) is 119 cm³/mol. The quantitative estimate of drug-likeness (QED) is 0.442. The number of aromatic amines is 1. The monoisotopic (exact) mass is 429 g/mol. The molecule has 1 fully saturated rings.